The number of aromatic hydroxyl groups is 1. The lowest BCUT2D eigenvalue weighted by Gasteiger charge is -2.22. The Bertz CT molecular complexity index is 729. The first-order valence-corrected chi connectivity index (χ1v) is 6.38. The number of amides is 1. The van der Waals surface area contributed by atoms with E-state index < -0.39 is 17.9 Å². The quantitative estimate of drug-likeness (QED) is 0.870. The van der Waals surface area contributed by atoms with Crippen LogP contribution in [0.4, 0.5) is 5.69 Å². The van der Waals surface area contributed by atoms with Crippen LogP contribution >= 0.6 is 0 Å². The Morgan fingerprint density at radius 3 is 2.67 bits per heavy atom. The van der Waals surface area contributed by atoms with E-state index in [1.165, 1.54) is 23.2 Å². The number of carbonyl (C=O) groups excluding carboxylic acids is 1. The Kier molecular flexibility index (Phi) is 3.06. The van der Waals surface area contributed by atoms with Crippen LogP contribution in [0.5, 0.6) is 5.75 Å². The maximum Gasteiger partial charge on any atom is 0.327 e. The van der Waals surface area contributed by atoms with Gasteiger partial charge in [-0.3, -0.25) is 9.69 Å². The molecule has 1 aliphatic rings. The molecule has 0 radical (unpaired) electrons. The van der Waals surface area contributed by atoms with Gasteiger partial charge in [-0.25, -0.2) is 9.78 Å². The molecule has 0 bridgehead atoms. The van der Waals surface area contributed by atoms with E-state index in [2.05, 4.69) is 4.98 Å². The van der Waals surface area contributed by atoms with Gasteiger partial charge < -0.3 is 10.2 Å². The van der Waals surface area contributed by atoms with Gasteiger partial charge in [-0.05, 0) is 23.8 Å². The smallest absolute Gasteiger partial charge is 0.327 e. The molecule has 1 amide bonds. The Labute approximate surface area is 120 Å². The number of carboxylic acid groups (broad SMARTS) is 1. The molecule has 0 saturated heterocycles. The molecule has 1 aromatic carbocycles. The second-order valence-electron chi connectivity index (χ2n) is 4.73. The Balaban J connectivity index is 2.08. The van der Waals surface area contributed by atoms with Crippen LogP contribution in [-0.4, -0.2) is 33.1 Å². The minimum Gasteiger partial charge on any atom is -0.505 e. The molecule has 6 nitrogen and oxygen atoms in total. The fourth-order valence-corrected chi connectivity index (χ4v) is 2.51. The van der Waals surface area contributed by atoms with Gasteiger partial charge in [0.15, 0.2) is 5.69 Å². The summed E-state index contributed by atoms with van der Waals surface area (Å²) < 4.78 is 0. The molecule has 0 fully saturated rings. The highest BCUT2D eigenvalue weighted by Crippen LogP contribution is 2.34. The van der Waals surface area contributed by atoms with Crippen LogP contribution in [-0.2, 0) is 11.2 Å². The first-order chi connectivity index (χ1) is 10.1. The van der Waals surface area contributed by atoms with Crippen LogP contribution in [0.2, 0.25) is 0 Å². The Morgan fingerprint density at radius 1 is 1.19 bits per heavy atom. The van der Waals surface area contributed by atoms with Crippen molar-refractivity contribution >= 4 is 17.6 Å². The number of aliphatic carboxylic acids is 1. The molecule has 6 heteroatoms. The van der Waals surface area contributed by atoms with Crippen molar-refractivity contribution in [2.24, 2.45) is 0 Å². The number of nitrogens with zero attached hydrogens (tertiary/aromatic N) is 2. The number of pyridine rings is 1. The minimum atomic E-state index is -1.09. The largest absolute Gasteiger partial charge is 0.505 e. The monoisotopic (exact) mass is 284 g/mol. The van der Waals surface area contributed by atoms with Crippen molar-refractivity contribution in [1.29, 1.82) is 0 Å². The molecule has 0 spiro atoms. The van der Waals surface area contributed by atoms with Gasteiger partial charge in [0.2, 0.25) is 0 Å². The summed E-state index contributed by atoms with van der Waals surface area (Å²) in [5.74, 6) is -1.98. The summed E-state index contributed by atoms with van der Waals surface area (Å²) in [6.45, 7) is 0. The average molecular weight is 284 g/mol. The number of anilines is 1. The van der Waals surface area contributed by atoms with E-state index in [9.17, 15) is 19.8 Å². The summed E-state index contributed by atoms with van der Waals surface area (Å²) in [5.41, 5.74) is 1.18. The van der Waals surface area contributed by atoms with Crippen molar-refractivity contribution in [3.63, 3.8) is 0 Å². The number of hydrogen-bond donors (Lipinski definition) is 2. The molecule has 1 atom stereocenters. The Hall–Kier alpha value is -2.89. The summed E-state index contributed by atoms with van der Waals surface area (Å²) >= 11 is 0. The lowest BCUT2D eigenvalue weighted by Crippen LogP contribution is -2.43. The predicted molar refractivity (Wildman–Crippen MR) is 74.3 cm³/mol. The van der Waals surface area contributed by atoms with Gasteiger partial charge in [0.05, 0.1) is 0 Å². The Morgan fingerprint density at radius 2 is 1.95 bits per heavy atom. The van der Waals surface area contributed by atoms with Gasteiger partial charge in [-0.15, -0.1) is 0 Å². The number of carbonyl (C=O) groups is 2. The van der Waals surface area contributed by atoms with Gasteiger partial charge in [0.25, 0.3) is 5.91 Å². The standard InChI is InChI=1S/C15H12N2O4/c18-12-6-3-7-16-13(12)14(19)17-10-5-2-1-4-9(10)8-11(17)15(20)21/h1-7,11,18H,8H2,(H,20,21). The van der Waals surface area contributed by atoms with Gasteiger partial charge >= 0.3 is 5.97 Å². The minimum absolute atomic E-state index is 0.152. The predicted octanol–water partition coefficient (Wildman–Crippen LogP) is 1.44. The van der Waals surface area contributed by atoms with Crippen molar-refractivity contribution in [2.45, 2.75) is 12.5 Å². The third kappa shape index (κ3) is 2.10. The van der Waals surface area contributed by atoms with E-state index in [4.69, 9.17) is 0 Å². The first-order valence-electron chi connectivity index (χ1n) is 6.38. The molecule has 106 valence electrons. The second kappa shape index (κ2) is 4.90. The summed E-state index contributed by atoms with van der Waals surface area (Å²) in [4.78, 5) is 29.0. The molecule has 1 aliphatic heterocycles. The molecule has 1 unspecified atom stereocenters. The SMILES string of the molecule is O=C(O)C1Cc2ccccc2N1C(=O)c1ncccc1O. The van der Waals surface area contributed by atoms with Crippen LogP contribution in [0.15, 0.2) is 42.6 Å². The van der Waals surface area contributed by atoms with Crippen LogP contribution in [0.25, 0.3) is 0 Å². The van der Waals surface area contributed by atoms with Crippen molar-refractivity contribution in [2.75, 3.05) is 4.90 Å². The molecule has 21 heavy (non-hydrogen) atoms. The topological polar surface area (TPSA) is 90.7 Å². The number of carboxylic acids is 1. The van der Waals surface area contributed by atoms with E-state index in [-0.39, 0.29) is 17.9 Å². The maximum absolute atomic E-state index is 12.6. The van der Waals surface area contributed by atoms with Crippen LogP contribution in [0.3, 0.4) is 0 Å². The molecule has 3 rings (SSSR count). The summed E-state index contributed by atoms with van der Waals surface area (Å²) in [6.07, 6.45) is 1.62. The zero-order chi connectivity index (χ0) is 15.0. The van der Waals surface area contributed by atoms with Crippen molar-refractivity contribution < 1.29 is 19.8 Å². The van der Waals surface area contributed by atoms with Crippen molar-refractivity contribution in [3.05, 3.63) is 53.9 Å². The molecule has 1 aromatic heterocycles. The highest BCUT2D eigenvalue weighted by atomic mass is 16.4. The van der Waals surface area contributed by atoms with Gasteiger partial charge in [-0.1, -0.05) is 18.2 Å². The fraction of sp³-hybridized carbons (Fsp3) is 0.133. The van der Waals surface area contributed by atoms with E-state index in [1.807, 2.05) is 0 Å². The molecular formula is C15H12N2O4. The summed E-state index contributed by atoms with van der Waals surface area (Å²) in [7, 11) is 0. The molecular weight excluding hydrogens is 272 g/mol. The number of rotatable bonds is 2. The van der Waals surface area contributed by atoms with Gasteiger partial charge in [0, 0.05) is 18.3 Å². The maximum atomic E-state index is 12.6. The van der Waals surface area contributed by atoms with Crippen LogP contribution in [0, 0.1) is 0 Å². The van der Waals surface area contributed by atoms with E-state index in [0.717, 1.165) is 5.56 Å². The zero-order valence-corrected chi connectivity index (χ0v) is 10.9. The van der Waals surface area contributed by atoms with E-state index >= 15 is 0 Å². The second-order valence-corrected chi connectivity index (χ2v) is 4.73. The summed E-state index contributed by atoms with van der Waals surface area (Å²) in [6, 6.07) is 8.87. The molecule has 2 heterocycles. The first kappa shape index (κ1) is 13.1. The lowest BCUT2D eigenvalue weighted by atomic mass is 10.1. The normalized spacial score (nSPS) is 16.6. The third-order valence-electron chi connectivity index (χ3n) is 3.47. The third-order valence-corrected chi connectivity index (χ3v) is 3.47. The number of aromatic nitrogens is 1. The number of hydrogen-bond acceptors (Lipinski definition) is 4. The molecule has 0 saturated carbocycles. The van der Waals surface area contributed by atoms with Crippen molar-refractivity contribution in [1.82, 2.24) is 4.98 Å². The van der Waals surface area contributed by atoms with Crippen LogP contribution in [0.1, 0.15) is 16.1 Å². The number of fused-ring (bicyclic) bond motifs is 1. The lowest BCUT2D eigenvalue weighted by molar-refractivity contribution is -0.138. The van der Waals surface area contributed by atoms with Gasteiger partial charge in [-0.2, -0.15) is 0 Å². The fourth-order valence-electron chi connectivity index (χ4n) is 2.51. The highest BCUT2D eigenvalue weighted by molar-refractivity contribution is 6.11. The number of para-hydroxylation sites is 1. The van der Waals surface area contributed by atoms with Crippen LogP contribution < -0.4 is 4.90 Å². The zero-order valence-electron chi connectivity index (χ0n) is 10.9. The van der Waals surface area contributed by atoms with E-state index in [0.29, 0.717) is 5.69 Å². The molecule has 0 aliphatic carbocycles. The summed E-state index contributed by atoms with van der Waals surface area (Å²) in [5, 5.41) is 19.1. The van der Waals surface area contributed by atoms with Crippen molar-refractivity contribution in [3.8, 4) is 5.75 Å². The number of benzene rings is 1. The molecule has 2 aromatic rings. The molecule has 2 N–H and O–H groups in total. The average Bonchev–Trinajstić information content (AvgIpc) is 2.86. The van der Waals surface area contributed by atoms with E-state index in [1.54, 1.807) is 24.3 Å². The highest BCUT2D eigenvalue weighted by Gasteiger charge is 2.39. The van der Waals surface area contributed by atoms with Gasteiger partial charge in [0.1, 0.15) is 11.8 Å².